The second-order valence-corrected chi connectivity index (χ2v) is 8.52. The molecule has 0 aromatic heterocycles. The van der Waals surface area contributed by atoms with Gasteiger partial charge in [0, 0.05) is 11.6 Å². The molecule has 0 unspecified atom stereocenters. The van der Waals surface area contributed by atoms with Crippen LogP contribution in [0.3, 0.4) is 0 Å². The summed E-state index contributed by atoms with van der Waals surface area (Å²) in [6.45, 7) is 0.768. The largest absolute Gasteiger partial charge is 0.454 e. The van der Waals surface area contributed by atoms with Gasteiger partial charge in [-0.05, 0) is 31.9 Å². The van der Waals surface area contributed by atoms with Crippen molar-refractivity contribution >= 4 is 33.8 Å². The third kappa shape index (κ3) is 5.11. The van der Waals surface area contributed by atoms with Crippen LogP contribution in [0.2, 0.25) is 0 Å². The van der Waals surface area contributed by atoms with Crippen molar-refractivity contribution in [3.8, 4) is 0 Å². The Balaban J connectivity index is 1.51. The second kappa shape index (κ2) is 8.60. The molecule has 1 aromatic carbocycles. The topological polar surface area (TPSA) is 143 Å². The van der Waals surface area contributed by atoms with Crippen LogP contribution in [-0.4, -0.2) is 50.9 Å². The Labute approximate surface area is 168 Å². The summed E-state index contributed by atoms with van der Waals surface area (Å²) in [5, 5.41) is 4.79. The smallest absolute Gasteiger partial charge is 0.331 e. The molecule has 29 heavy (non-hydrogen) atoms. The zero-order valence-corrected chi connectivity index (χ0v) is 16.6. The lowest BCUT2D eigenvalue weighted by Crippen LogP contribution is -2.45. The van der Waals surface area contributed by atoms with Crippen molar-refractivity contribution in [2.75, 3.05) is 6.61 Å². The maximum atomic E-state index is 12.1. The molecule has 1 fully saturated rings. The van der Waals surface area contributed by atoms with Crippen LogP contribution in [0.4, 0.5) is 4.79 Å². The molecule has 0 bridgehead atoms. The number of benzene rings is 1. The summed E-state index contributed by atoms with van der Waals surface area (Å²) in [4.78, 5) is 39.7. The molecular weight excluding hydrogens is 400 g/mol. The predicted octanol–water partition coefficient (Wildman–Crippen LogP) is 0.425. The minimum absolute atomic E-state index is 0.0328. The lowest BCUT2D eigenvalue weighted by atomic mass is 10.2. The number of imide groups is 1. The third-order valence-electron chi connectivity index (χ3n) is 4.62. The van der Waals surface area contributed by atoms with E-state index in [1.54, 1.807) is 18.2 Å². The molecule has 1 aliphatic heterocycles. The summed E-state index contributed by atoms with van der Waals surface area (Å²) in [7, 11) is -3.72. The van der Waals surface area contributed by atoms with Gasteiger partial charge in [0.2, 0.25) is 0 Å². The van der Waals surface area contributed by atoms with Gasteiger partial charge in [-0.15, -0.1) is 0 Å². The molecule has 1 heterocycles. The summed E-state index contributed by atoms with van der Waals surface area (Å²) in [5.41, 5.74) is 0.355. The Morgan fingerprint density at radius 1 is 1.24 bits per heavy atom. The lowest BCUT2D eigenvalue weighted by Gasteiger charge is -2.12. The van der Waals surface area contributed by atoms with E-state index in [1.807, 2.05) is 0 Å². The highest BCUT2D eigenvalue weighted by Gasteiger charge is 2.31. The molecule has 10 nitrogen and oxygen atoms in total. The maximum absolute atomic E-state index is 12.1. The van der Waals surface area contributed by atoms with Crippen LogP contribution in [0, 0.1) is 0 Å². The molecule has 3 N–H and O–H groups in total. The van der Waals surface area contributed by atoms with E-state index in [1.165, 1.54) is 13.0 Å². The average Bonchev–Trinajstić information content (AvgIpc) is 3.26. The number of fused-ring (bicyclic) bond motifs is 1. The molecule has 0 radical (unpaired) electrons. The quantitative estimate of drug-likeness (QED) is 0.587. The molecule has 3 rings (SSSR count). The molecule has 11 heteroatoms. The lowest BCUT2D eigenvalue weighted by molar-refractivity contribution is -0.149. The maximum Gasteiger partial charge on any atom is 0.331 e. The van der Waals surface area contributed by atoms with E-state index in [4.69, 9.17) is 4.74 Å². The molecule has 1 aliphatic carbocycles. The van der Waals surface area contributed by atoms with Crippen molar-refractivity contribution < 1.29 is 27.5 Å². The van der Waals surface area contributed by atoms with Crippen LogP contribution in [0.15, 0.2) is 34.2 Å². The number of amidine groups is 1. The number of carbonyl (C=O) groups is 3. The minimum atomic E-state index is -3.72. The highest BCUT2D eigenvalue weighted by atomic mass is 32.2. The molecule has 2 aliphatic rings. The number of nitrogens with one attached hydrogen (secondary N) is 3. The number of aliphatic imine (C=N–C) groups is 1. The highest BCUT2D eigenvalue weighted by molar-refractivity contribution is 7.90. The van der Waals surface area contributed by atoms with Gasteiger partial charge in [-0.1, -0.05) is 25.0 Å². The van der Waals surface area contributed by atoms with Crippen molar-refractivity contribution in [1.29, 1.82) is 0 Å². The minimum Gasteiger partial charge on any atom is -0.454 e. The number of ether oxygens (including phenoxy) is 1. The van der Waals surface area contributed by atoms with E-state index in [9.17, 15) is 22.8 Å². The van der Waals surface area contributed by atoms with Crippen LogP contribution >= 0.6 is 0 Å². The zero-order valence-electron chi connectivity index (χ0n) is 15.8. The van der Waals surface area contributed by atoms with Gasteiger partial charge in [-0.3, -0.25) is 19.8 Å². The van der Waals surface area contributed by atoms with Crippen LogP contribution < -0.4 is 15.4 Å². The van der Waals surface area contributed by atoms with Crippen LogP contribution in [0.5, 0.6) is 0 Å². The highest BCUT2D eigenvalue weighted by Crippen LogP contribution is 2.22. The van der Waals surface area contributed by atoms with Crippen molar-refractivity contribution in [3.05, 3.63) is 29.8 Å². The molecule has 1 atom stereocenters. The average molecular weight is 422 g/mol. The first-order valence-corrected chi connectivity index (χ1v) is 10.7. The predicted molar refractivity (Wildman–Crippen MR) is 103 cm³/mol. The van der Waals surface area contributed by atoms with Crippen molar-refractivity contribution in [2.45, 2.75) is 49.6 Å². The monoisotopic (exact) mass is 422 g/mol. The van der Waals surface area contributed by atoms with Gasteiger partial charge in [-0.2, -0.15) is 0 Å². The summed E-state index contributed by atoms with van der Waals surface area (Å²) < 4.78 is 31.3. The standard InChI is InChI=1S/C18H22N4O6S/c1-11(19-16-13-8-4-5-9-14(13)29(26,27)22-16)17(24)28-10-15(23)21-18(25)20-12-6-2-3-7-12/h4-5,8-9,11-12H,2-3,6-7,10H2,1H3,(H,19,22)(H2,20,21,23,25)/t11-/m0/s1. The van der Waals surface area contributed by atoms with E-state index in [0.29, 0.717) is 5.56 Å². The number of urea groups is 1. The van der Waals surface area contributed by atoms with Gasteiger partial charge in [0.1, 0.15) is 11.9 Å². The number of hydrogen-bond acceptors (Lipinski definition) is 7. The summed E-state index contributed by atoms with van der Waals surface area (Å²) in [5.74, 6) is -1.56. The fourth-order valence-corrected chi connectivity index (χ4v) is 4.43. The molecule has 0 saturated heterocycles. The van der Waals surface area contributed by atoms with Gasteiger partial charge in [-0.25, -0.2) is 18.0 Å². The number of amides is 3. The first-order valence-electron chi connectivity index (χ1n) is 9.23. The number of carbonyl (C=O) groups excluding carboxylic acids is 3. The Hall–Kier alpha value is -2.95. The number of esters is 1. The SMILES string of the molecule is C[C@H](N=C1NS(=O)(=O)c2ccccc21)C(=O)OCC(=O)NC(=O)NC1CCCC1. The van der Waals surface area contributed by atoms with E-state index in [-0.39, 0.29) is 16.8 Å². The van der Waals surface area contributed by atoms with Gasteiger partial charge in [0.05, 0.1) is 4.90 Å². The first kappa shape index (κ1) is 20.8. The fraction of sp³-hybridized carbons (Fsp3) is 0.444. The summed E-state index contributed by atoms with van der Waals surface area (Å²) >= 11 is 0. The second-order valence-electron chi connectivity index (χ2n) is 6.87. The molecule has 1 aromatic rings. The van der Waals surface area contributed by atoms with Gasteiger partial charge >= 0.3 is 12.0 Å². The van der Waals surface area contributed by atoms with E-state index < -0.39 is 40.6 Å². The van der Waals surface area contributed by atoms with Crippen LogP contribution in [0.1, 0.15) is 38.2 Å². The van der Waals surface area contributed by atoms with E-state index in [2.05, 4.69) is 20.3 Å². The number of rotatable bonds is 5. The number of nitrogens with zero attached hydrogens (tertiary/aromatic N) is 1. The summed E-state index contributed by atoms with van der Waals surface area (Å²) in [6.07, 6.45) is 3.83. The Morgan fingerprint density at radius 2 is 1.93 bits per heavy atom. The first-order chi connectivity index (χ1) is 13.8. The summed E-state index contributed by atoms with van der Waals surface area (Å²) in [6, 6.07) is 4.62. The van der Waals surface area contributed by atoms with E-state index >= 15 is 0 Å². The normalized spacial score (nSPS) is 19.8. The molecule has 1 saturated carbocycles. The molecule has 3 amide bonds. The number of sulfonamides is 1. The Bertz CT molecular complexity index is 953. The van der Waals surface area contributed by atoms with Crippen molar-refractivity contribution in [2.24, 2.45) is 4.99 Å². The van der Waals surface area contributed by atoms with Gasteiger partial charge in [0.15, 0.2) is 6.61 Å². The molecular formula is C18H22N4O6S. The van der Waals surface area contributed by atoms with Gasteiger partial charge < -0.3 is 10.1 Å². The van der Waals surface area contributed by atoms with Crippen molar-refractivity contribution in [3.63, 3.8) is 0 Å². The Kier molecular flexibility index (Phi) is 6.16. The third-order valence-corrected chi connectivity index (χ3v) is 6.01. The van der Waals surface area contributed by atoms with Crippen LogP contribution in [0.25, 0.3) is 0 Å². The van der Waals surface area contributed by atoms with Crippen molar-refractivity contribution in [1.82, 2.24) is 15.4 Å². The zero-order chi connectivity index (χ0) is 21.0. The van der Waals surface area contributed by atoms with Gasteiger partial charge in [0.25, 0.3) is 15.9 Å². The molecule has 156 valence electrons. The number of hydrogen-bond donors (Lipinski definition) is 3. The fourth-order valence-electron chi connectivity index (χ4n) is 3.19. The van der Waals surface area contributed by atoms with Crippen LogP contribution in [-0.2, 0) is 24.3 Å². The van der Waals surface area contributed by atoms with E-state index in [0.717, 1.165) is 25.7 Å². The Morgan fingerprint density at radius 3 is 2.66 bits per heavy atom. The molecule has 0 spiro atoms.